The van der Waals surface area contributed by atoms with E-state index in [0.29, 0.717) is 11.5 Å². The van der Waals surface area contributed by atoms with Crippen molar-refractivity contribution in [2.45, 2.75) is 19.2 Å². The lowest BCUT2D eigenvalue weighted by molar-refractivity contribution is -0.137. The van der Waals surface area contributed by atoms with Crippen LogP contribution in [0.1, 0.15) is 22.8 Å². The molecule has 9 heteroatoms. The third-order valence-corrected chi connectivity index (χ3v) is 3.72. The number of hydrogen-bond acceptors (Lipinski definition) is 5. The Morgan fingerprint density at radius 1 is 0.964 bits per heavy atom. The molecule has 1 amide bonds. The fraction of sp³-hybridized carbons (Fsp3) is 0.263. The molecule has 28 heavy (non-hydrogen) atoms. The minimum absolute atomic E-state index is 0.116. The zero-order chi connectivity index (χ0) is 20.9. The van der Waals surface area contributed by atoms with Crippen LogP contribution in [-0.4, -0.2) is 32.2 Å². The number of halogens is 3. The number of amides is 1. The predicted octanol–water partition coefficient (Wildman–Crippen LogP) is 3.91. The number of ether oxygens (including phenoxy) is 3. The molecule has 0 aliphatic carbocycles. The fourth-order valence-electron chi connectivity index (χ4n) is 2.19. The van der Waals surface area contributed by atoms with Gasteiger partial charge in [-0.2, -0.15) is 13.2 Å². The van der Waals surface area contributed by atoms with E-state index in [4.69, 9.17) is 14.2 Å². The normalized spacial score (nSPS) is 12.1. The van der Waals surface area contributed by atoms with Gasteiger partial charge < -0.3 is 19.5 Å². The number of nitrogens with one attached hydrogen (secondary N) is 1. The van der Waals surface area contributed by atoms with Crippen molar-refractivity contribution in [2.75, 3.05) is 19.5 Å². The zero-order valence-corrected chi connectivity index (χ0v) is 15.3. The lowest BCUT2D eigenvalue weighted by atomic mass is 10.2. The number of benzene rings is 2. The summed E-state index contributed by atoms with van der Waals surface area (Å²) in [7, 11) is 2.84. The van der Waals surface area contributed by atoms with Crippen molar-refractivity contribution in [3.8, 4) is 11.5 Å². The lowest BCUT2D eigenvalue weighted by Crippen LogP contribution is -2.30. The standard InChI is InChI=1S/C19H18F3NO5/c1-11(17(24)23-14-6-4-13(5-7-14)19(20,21)22)28-18(25)12-8-15(26-2)10-16(9-12)27-3/h4-11H,1-3H3,(H,23,24)/t11-/m0/s1. The van der Waals surface area contributed by atoms with Crippen molar-refractivity contribution in [1.82, 2.24) is 0 Å². The highest BCUT2D eigenvalue weighted by Crippen LogP contribution is 2.30. The second kappa shape index (κ2) is 8.64. The Morgan fingerprint density at radius 2 is 1.50 bits per heavy atom. The van der Waals surface area contributed by atoms with Crippen molar-refractivity contribution < 1.29 is 37.0 Å². The number of methoxy groups -OCH3 is 2. The molecule has 0 unspecified atom stereocenters. The first-order valence-corrected chi connectivity index (χ1v) is 8.06. The van der Waals surface area contributed by atoms with Crippen molar-refractivity contribution in [2.24, 2.45) is 0 Å². The van der Waals surface area contributed by atoms with Gasteiger partial charge in [-0.1, -0.05) is 0 Å². The smallest absolute Gasteiger partial charge is 0.416 e. The van der Waals surface area contributed by atoms with E-state index in [9.17, 15) is 22.8 Å². The maximum absolute atomic E-state index is 12.6. The Kier molecular flexibility index (Phi) is 6.50. The van der Waals surface area contributed by atoms with Crippen molar-refractivity contribution >= 4 is 17.6 Å². The first kappa shape index (κ1) is 21.1. The van der Waals surface area contributed by atoms with Gasteiger partial charge in [0.05, 0.1) is 25.3 Å². The summed E-state index contributed by atoms with van der Waals surface area (Å²) < 4.78 is 52.9. The molecule has 2 aromatic rings. The number of hydrogen-bond donors (Lipinski definition) is 1. The minimum atomic E-state index is -4.47. The Balaban J connectivity index is 2.03. The number of esters is 1. The molecule has 0 heterocycles. The summed E-state index contributed by atoms with van der Waals surface area (Å²) >= 11 is 0. The van der Waals surface area contributed by atoms with Gasteiger partial charge in [0, 0.05) is 11.8 Å². The molecule has 0 aromatic heterocycles. The number of anilines is 1. The molecule has 0 spiro atoms. The van der Waals surface area contributed by atoms with Crippen LogP contribution in [0.4, 0.5) is 18.9 Å². The average molecular weight is 397 g/mol. The molecule has 0 radical (unpaired) electrons. The van der Waals surface area contributed by atoms with Crippen LogP contribution in [0.5, 0.6) is 11.5 Å². The van der Waals surface area contributed by atoms with E-state index in [1.807, 2.05) is 0 Å². The molecule has 0 bridgehead atoms. The van der Waals surface area contributed by atoms with Gasteiger partial charge in [0.25, 0.3) is 5.91 Å². The second-order valence-electron chi connectivity index (χ2n) is 5.71. The topological polar surface area (TPSA) is 73.9 Å². The quantitative estimate of drug-likeness (QED) is 0.749. The average Bonchev–Trinajstić information content (AvgIpc) is 2.67. The second-order valence-corrected chi connectivity index (χ2v) is 5.71. The monoisotopic (exact) mass is 397 g/mol. The van der Waals surface area contributed by atoms with E-state index in [1.54, 1.807) is 6.07 Å². The molecule has 0 aliphatic heterocycles. The summed E-state index contributed by atoms with van der Waals surface area (Å²) in [6.45, 7) is 1.34. The molecular formula is C19H18F3NO5. The Morgan fingerprint density at radius 3 is 1.96 bits per heavy atom. The molecular weight excluding hydrogens is 379 g/mol. The van der Waals surface area contributed by atoms with E-state index < -0.39 is 29.7 Å². The number of carbonyl (C=O) groups excluding carboxylic acids is 2. The van der Waals surface area contributed by atoms with Gasteiger partial charge in [-0.05, 0) is 43.3 Å². The van der Waals surface area contributed by atoms with Crippen LogP contribution >= 0.6 is 0 Å². The summed E-state index contributed by atoms with van der Waals surface area (Å²) in [5.74, 6) is -0.739. The molecule has 0 saturated carbocycles. The van der Waals surface area contributed by atoms with Gasteiger partial charge in [0.15, 0.2) is 6.10 Å². The molecule has 1 N–H and O–H groups in total. The molecule has 150 valence electrons. The molecule has 2 aromatic carbocycles. The third-order valence-electron chi connectivity index (χ3n) is 3.72. The maximum atomic E-state index is 12.6. The Labute approximate surface area is 159 Å². The van der Waals surface area contributed by atoms with E-state index in [1.165, 1.54) is 33.3 Å². The van der Waals surface area contributed by atoms with Gasteiger partial charge in [0.1, 0.15) is 11.5 Å². The molecule has 0 saturated heterocycles. The van der Waals surface area contributed by atoms with E-state index in [2.05, 4.69) is 5.32 Å². The van der Waals surface area contributed by atoms with Gasteiger partial charge in [-0.3, -0.25) is 4.79 Å². The Bertz CT molecular complexity index is 827. The summed E-state index contributed by atoms with van der Waals surface area (Å²) in [5.41, 5.74) is -0.578. The molecule has 6 nitrogen and oxygen atoms in total. The zero-order valence-electron chi connectivity index (χ0n) is 15.3. The summed E-state index contributed by atoms with van der Waals surface area (Å²) in [5, 5.41) is 2.39. The van der Waals surface area contributed by atoms with E-state index in [0.717, 1.165) is 24.3 Å². The van der Waals surface area contributed by atoms with Crippen LogP contribution in [0.25, 0.3) is 0 Å². The highest BCUT2D eigenvalue weighted by molar-refractivity contribution is 5.97. The third kappa shape index (κ3) is 5.38. The summed E-state index contributed by atoms with van der Waals surface area (Å²) in [6, 6.07) is 8.32. The number of rotatable bonds is 6. The van der Waals surface area contributed by atoms with Crippen molar-refractivity contribution in [3.05, 3.63) is 53.6 Å². The number of carbonyl (C=O) groups is 2. The van der Waals surface area contributed by atoms with Crippen LogP contribution < -0.4 is 14.8 Å². The van der Waals surface area contributed by atoms with Crippen molar-refractivity contribution in [3.63, 3.8) is 0 Å². The van der Waals surface area contributed by atoms with Crippen LogP contribution in [0.15, 0.2) is 42.5 Å². The van der Waals surface area contributed by atoms with Gasteiger partial charge in [0.2, 0.25) is 0 Å². The van der Waals surface area contributed by atoms with Crippen LogP contribution in [0.2, 0.25) is 0 Å². The highest BCUT2D eigenvalue weighted by Gasteiger charge is 2.30. The molecule has 1 atom stereocenters. The number of alkyl halides is 3. The minimum Gasteiger partial charge on any atom is -0.497 e. The molecule has 0 fully saturated rings. The van der Waals surface area contributed by atoms with E-state index in [-0.39, 0.29) is 11.3 Å². The lowest BCUT2D eigenvalue weighted by Gasteiger charge is -2.15. The highest BCUT2D eigenvalue weighted by atomic mass is 19.4. The van der Waals surface area contributed by atoms with Crippen LogP contribution in [-0.2, 0) is 15.7 Å². The molecule has 2 rings (SSSR count). The summed E-state index contributed by atoms with van der Waals surface area (Å²) in [4.78, 5) is 24.4. The molecule has 0 aliphatic rings. The van der Waals surface area contributed by atoms with Crippen molar-refractivity contribution in [1.29, 1.82) is 0 Å². The largest absolute Gasteiger partial charge is 0.497 e. The van der Waals surface area contributed by atoms with E-state index >= 15 is 0 Å². The first-order valence-electron chi connectivity index (χ1n) is 8.06. The predicted molar refractivity (Wildman–Crippen MR) is 94.5 cm³/mol. The Hall–Kier alpha value is -3.23. The maximum Gasteiger partial charge on any atom is 0.416 e. The van der Waals surface area contributed by atoms with Gasteiger partial charge >= 0.3 is 12.1 Å². The SMILES string of the molecule is COc1cc(OC)cc(C(=O)O[C@@H](C)C(=O)Nc2ccc(C(F)(F)F)cc2)c1. The van der Waals surface area contributed by atoms with Crippen LogP contribution in [0.3, 0.4) is 0 Å². The van der Waals surface area contributed by atoms with Gasteiger partial charge in [-0.25, -0.2) is 4.79 Å². The van der Waals surface area contributed by atoms with Crippen LogP contribution in [0, 0.1) is 0 Å². The first-order chi connectivity index (χ1) is 13.1. The van der Waals surface area contributed by atoms with Gasteiger partial charge in [-0.15, -0.1) is 0 Å². The summed E-state index contributed by atoms with van der Waals surface area (Å²) in [6.07, 6.45) is -5.66. The fourth-order valence-corrected chi connectivity index (χ4v) is 2.19.